The van der Waals surface area contributed by atoms with Crippen LogP contribution in [0.15, 0.2) is 0 Å². The lowest BCUT2D eigenvalue weighted by Gasteiger charge is -2.18. The van der Waals surface area contributed by atoms with Crippen LogP contribution in [-0.4, -0.2) is 25.0 Å². The molecule has 0 aromatic heterocycles. The molecule has 0 aliphatic carbocycles. The molecule has 0 rings (SSSR count). The van der Waals surface area contributed by atoms with Crippen LogP contribution in [0.25, 0.3) is 0 Å². The van der Waals surface area contributed by atoms with Crippen LogP contribution < -0.4 is 5.32 Å². The number of carbonyl (C=O) groups is 2. The second kappa shape index (κ2) is 10.8. The van der Waals surface area contributed by atoms with Gasteiger partial charge in [-0.3, -0.25) is 0 Å². The number of carbonyl (C=O) groups excluding carboxylic acids is 2. The number of hydrogen-bond donors (Lipinski definition) is 1. The summed E-state index contributed by atoms with van der Waals surface area (Å²) in [4.78, 5) is 20.8. The molecule has 1 atom stereocenters. The maximum Gasteiger partial charge on any atom is 0.407 e. The molecule has 0 radical (unpaired) electrons. The Morgan fingerprint density at radius 2 is 1.79 bits per heavy atom. The van der Waals surface area contributed by atoms with Crippen molar-refractivity contribution in [2.24, 2.45) is 11.8 Å². The van der Waals surface area contributed by atoms with Crippen LogP contribution in [0.3, 0.4) is 0 Å². The van der Waals surface area contributed by atoms with E-state index in [0.717, 1.165) is 25.0 Å². The van der Waals surface area contributed by atoms with Crippen molar-refractivity contribution >= 4 is 12.4 Å². The van der Waals surface area contributed by atoms with Crippen molar-refractivity contribution in [1.29, 1.82) is 0 Å². The monoisotopic (exact) mass is 273 g/mol. The van der Waals surface area contributed by atoms with Crippen molar-refractivity contribution in [3.8, 4) is 0 Å². The maximum atomic E-state index is 10.5. The van der Waals surface area contributed by atoms with Crippen LogP contribution in [0, 0.1) is 11.8 Å². The van der Waals surface area contributed by atoms with Gasteiger partial charge in [0, 0.05) is 13.0 Å². The largest absolute Gasteiger partial charge is 0.444 e. The van der Waals surface area contributed by atoms with E-state index in [9.17, 15) is 9.59 Å². The summed E-state index contributed by atoms with van der Waals surface area (Å²) in [5.41, 5.74) is -0.389. The number of alkyl carbamates (subject to hydrolysis) is 1. The number of nitrogens with one attached hydrogen (secondary N) is 1. The van der Waals surface area contributed by atoms with Gasteiger partial charge in [-0.2, -0.15) is 0 Å². The van der Waals surface area contributed by atoms with Crippen molar-refractivity contribution < 1.29 is 14.3 Å². The van der Waals surface area contributed by atoms with Gasteiger partial charge in [0.15, 0.2) is 0 Å². The zero-order chi connectivity index (χ0) is 15.5. The predicted octanol–water partition coefficient (Wildman–Crippen LogP) is 3.79. The fraction of sp³-hybridized carbons (Fsp3) is 0.867. The number of hydrogen-bond acceptors (Lipinski definition) is 3. The van der Waals surface area contributed by atoms with Crippen molar-refractivity contribution in [3.63, 3.8) is 0 Å². The topological polar surface area (TPSA) is 55.4 Å². The van der Waals surface area contributed by atoms with Crippen LogP contribution in [0.1, 0.15) is 60.8 Å². The molecule has 0 bridgehead atoms. The number of rotatable bonds is 5. The highest BCUT2D eigenvalue weighted by atomic mass is 16.6. The Morgan fingerprint density at radius 3 is 2.00 bits per heavy atom. The van der Waals surface area contributed by atoms with Crippen molar-refractivity contribution in [1.82, 2.24) is 5.32 Å². The fourth-order valence-electron chi connectivity index (χ4n) is 1.24. The Kier molecular flexibility index (Phi) is 11.5. The Labute approximate surface area is 118 Å². The summed E-state index contributed by atoms with van der Waals surface area (Å²) in [6, 6.07) is 0. The molecule has 0 spiro atoms. The quantitative estimate of drug-likeness (QED) is 0.775. The van der Waals surface area contributed by atoms with Gasteiger partial charge < -0.3 is 14.8 Å². The standard InChI is InChI=1S/C9H18O.C6H13NO2/c1-4-9(7-10)6-5-8(2)3;1-6(2,3)9-5(8)7-4/h7-9H,4-6H2,1-3H3;1-4H3,(H,7,8). The number of aldehydes is 1. The van der Waals surface area contributed by atoms with Crippen molar-refractivity contribution in [2.45, 2.75) is 66.4 Å². The lowest BCUT2D eigenvalue weighted by atomic mass is 9.97. The van der Waals surface area contributed by atoms with Crippen LogP contribution >= 0.6 is 0 Å². The van der Waals surface area contributed by atoms with Crippen LogP contribution in [-0.2, 0) is 9.53 Å². The first-order valence-corrected chi connectivity index (χ1v) is 7.02. The summed E-state index contributed by atoms with van der Waals surface area (Å²) in [7, 11) is 1.54. The molecule has 0 saturated heterocycles. The highest BCUT2D eigenvalue weighted by Gasteiger charge is 2.13. The average Bonchev–Trinajstić information content (AvgIpc) is 2.28. The molecule has 1 N–H and O–H groups in total. The van der Waals surface area contributed by atoms with Crippen molar-refractivity contribution in [3.05, 3.63) is 0 Å². The molecule has 0 aromatic carbocycles. The van der Waals surface area contributed by atoms with E-state index in [4.69, 9.17) is 4.74 Å². The molecule has 0 aliphatic heterocycles. The normalized spacial score (nSPS) is 12.2. The van der Waals surface area contributed by atoms with E-state index < -0.39 is 0 Å². The molecule has 0 aliphatic rings. The Bertz CT molecular complexity index is 244. The first-order chi connectivity index (χ1) is 8.66. The first kappa shape index (κ1) is 20.3. The summed E-state index contributed by atoms with van der Waals surface area (Å²) in [5, 5.41) is 2.36. The second-order valence-electron chi connectivity index (χ2n) is 6.03. The highest BCUT2D eigenvalue weighted by molar-refractivity contribution is 5.67. The summed E-state index contributed by atoms with van der Waals surface area (Å²) in [6.45, 7) is 11.9. The van der Waals surface area contributed by atoms with Crippen LogP contribution in [0.4, 0.5) is 4.79 Å². The van der Waals surface area contributed by atoms with E-state index in [1.165, 1.54) is 13.5 Å². The third-order valence-electron chi connectivity index (χ3n) is 2.43. The number of ether oxygens (including phenoxy) is 1. The first-order valence-electron chi connectivity index (χ1n) is 7.02. The van der Waals surface area contributed by atoms with E-state index in [1.807, 2.05) is 20.8 Å². The molecule has 4 nitrogen and oxygen atoms in total. The van der Waals surface area contributed by atoms with E-state index >= 15 is 0 Å². The third-order valence-corrected chi connectivity index (χ3v) is 2.43. The molecular weight excluding hydrogens is 242 g/mol. The summed E-state index contributed by atoms with van der Waals surface area (Å²) in [6.07, 6.45) is 3.94. The van der Waals surface area contributed by atoms with Gasteiger partial charge in [0.05, 0.1) is 0 Å². The van der Waals surface area contributed by atoms with Crippen LogP contribution in [0.5, 0.6) is 0 Å². The van der Waals surface area contributed by atoms with Gasteiger partial charge in [0.2, 0.25) is 0 Å². The van der Waals surface area contributed by atoms with Crippen LogP contribution in [0.2, 0.25) is 0 Å². The van der Waals surface area contributed by atoms with Gasteiger partial charge in [-0.25, -0.2) is 4.79 Å². The second-order valence-corrected chi connectivity index (χ2v) is 6.03. The molecule has 19 heavy (non-hydrogen) atoms. The van der Waals surface area contributed by atoms with Gasteiger partial charge in [-0.05, 0) is 39.5 Å². The zero-order valence-electron chi connectivity index (χ0n) is 13.6. The lowest BCUT2D eigenvalue weighted by molar-refractivity contribution is -0.111. The summed E-state index contributed by atoms with van der Waals surface area (Å²) >= 11 is 0. The fourth-order valence-corrected chi connectivity index (χ4v) is 1.24. The minimum Gasteiger partial charge on any atom is -0.444 e. The molecule has 4 heteroatoms. The van der Waals surface area contributed by atoms with Gasteiger partial charge >= 0.3 is 6.09 Å². The summed E-state index contributed by atoms with van der Waals surface area (Å²) in [5.74, 6) is 1.04. The minimum absolute atomic E-state index is 0.308. The van der Waals surface area contributed by atoms with Gasteiger partial charge in [0.25, 0.3) is 0 Å². The van der Waals surface area contributed by atoms with E-state index in [0.29, 0.717) is 5.92 Å². The molecule has 114 valence electrons. The Balaban J connectivity index is 0. The average molecular weight is 273 g/mol. The van der Waals surface area contributed by atoms with E-state index in [2.05, 4.69) is 26.1 Å². The molecule has 1 amide bonds. The van der Waals surface area contributed by atoms with Gasteiger partial charge in [0.1, 0.15) is 11.9 Å². The predicted molar refractivity (Wildman–Crippen MR) is 79.2 cm³/mol. The third kappa shape index (κ3) is 16.9. The van der Waals surface area contributed by atoms with E-state index in [-0.39, 0.29) is 11.7 Å². The number of amides is 1. The molecule has 0 aromatic rings. The zero-order valence-corrected chi connectivity index (χ0v) is 13.6. The molecule has 1 unspecified atom stereocenters. The summed E-state index contributed by atoms with van der Waals surface area (Å²) < 4.78 is 4.84. The smallest absolute Gasteiger partial charge is 0.407 e. The SMILES string of the molecule is CCC(C=O)CCC(C)C.CNC(=O)OC(C)(C)C. The minimum atomic E-state index is -0.389. The lowest BCUT2D eigenvalue weighted by Crippen LogP contribution is -2.30. The van der Waals surface area contributed by atoms with E-state index in [1.54, 1.807) is 0 Å². The Morgan fingerprint density at radius 1 is 1.26 bits per heavy atom. The van der Waals surface area contributed by atoms with Gasteiger partial charge in [-0.1, -0.05) is 27.2 Å². The van der Waals surface area contributed by atoms with Gasteiger partial charge in [-0.15, -0.1) is 0 Å². The molecular formula is C15H31NO3. The maximum absolute atomic E-state index is 10.5. The molecule has 0 heterocycles. The molecule has 0 saturated carbocycles. The Hall–Kier alpha value is -1.06. The molecule has 0 fully saturated rings. The highest BCUT2D eigenvalue weighted by Crippen LogP contribution is 2.12. The van der Waals surface area contributed by atoms with Crippen molar-refractivity contribution in [2.75, 3.05) is 7.05 Å².